The van der Waals surface area contributed by atoms with Crippen LogP contribution in [0.4, 0.5) is 0 Å². The molecule has 0 aromatic carbocycles. The summed E-state index contributed by atoms with van der Waals surface area (Å²) in [5.41, 5.74) is 0. The van der Waals surface area contributed by atoms with E-state index in [1.807, 2.05) is 0 Å². The first-order chi connectivity index (χ1) is 5.76. The van der Waals surface area contributed by atoms with E-state index in [0.29, 0.717) is 14.0 Å². The Morgan fingerprint density at radius 1 is 0.923 bits per heavy atom. The molecule has 13 heavy (non-hydrogen) atoms. The molecule has 0 atom stereocenters. The van der Waals surface area contributed by atoms with Crippen LogP contribution in [0.3, 0.4) is 0 Å². The quantitative estimate of drug-likeness (QED) is 0.670. The maximum absolute atomic E-state index is 2.64. The van der Waals surface area contributed by atoms with Gasteiger partial charge in [0.05, 0.1) is 0 Å². The average Bonchev–Trinajstić information content (AvgIpc) is 2.14. The average molecular weight is 288 g/mol. The molecule has 1 heterocycles. The van der Waals surface area contributed by atoms with Gasteiger partial charge in [-0.25, -0.2) is 0 Å². The second-order valence-electron chi connectivity index (χ2n) is 5.02. The van der Waals surface area contributed by atoms with E-state index in [9.17, 15) is 0 Å². The SMILES string of the molecule is CB1N(C)B(C)[N]([Sn]([CH3])([CH3])[CH3])N1C. The summed E-state index contributed by atoms with van der Waals surface area (Å²) in [7, 11) is 4.43. The monoisotopic (exact) mass is 289 g/mol. The predicted molar refractivity (Wildman–Crippen MR) is 63.9 cm³/mol. The zero-order valence-corrected chi connectivity index (χ0v) is 12.9. The molecule has 0 spiro atoms. The normalized spacial score (nSPS) is 23.3. The third kappa shape index (κ3) is 2.08. The number of rotatable bonds is 1. The number of hydrogen-bond acceptors (Lipinski definition) is 3. The first-order valence-electron chi connectivity index (χ1n) is 5.01. The van der Waals surface area contributed by atoms with Crippen LogP contribution < -0.4 is 0 Å². The molecule has 0 aromatic heterocycles. The first kappa shape index (κ1) is 11.9. The van der Waals surface area contributed by atoms with Crippen molar-refractivity contribution >= 4 is 32.6 Å². The molecule has 0 N–H and O–H groups in total. The van der Waals surface area contributed by atoms with E-state index in [1.165, 1.54) is 0 Å². The Bertz CT molecular complexity index is 183. The van der Waals surface area contributed by atoms with E-state index in [2.05, 4.69) is 55.3 Å². The van der Waals surface area contributed by atoms with Crippen molar-refractivity contribution < 1.29 is 0 Å². The molecule has 0 saturated carbocycles. The van der Waals surface area contributed by atoms with Crippen molar-refractivity contribution in [1.82, 2.24) is 12.8 Å². The van der Waals surface area contributed by atoms with E-state index in [1.54, 1.807) is 0 Å². The van der Waals surface area contributed by atoms with Gasteiger partial charge in [0.15, 0.2) is 0 Å². The van der Waals surface area contributed by atoms with Gasteiger partial charge >= 0.3 is 88.0 Å². The Morgan fingerprint density at radius 3 is 1.54 bits per heavy atom. The zero-order chi connectivity index (χ0) is 10.4. The number of hydrazine groups is 1. The minimum absolute atomic E-state index is 0.547. The zero-order valence-electron chi connectivity index (χ0n) is 10.00. The fraction of sp³-hybridized carbons (Fsp3) is 1.00. The molecule has 1 fully saturated rings. The van der Waals surface area contributed by atoms with Crippen molar-refractivity contribution in [2.75, 3.05) is 14.1 Å². The van der Waals surface area contributed by atoms with Crippen LogP contribution in [0.25, 0.3) is 0 Å². The maximum atomic E-state index is 2.64. The molecule has 0 radical (unpaired) electrons. The molecule has 3 nitrogen and oxygen atoms in total. The Balaban J connectivity index is 2.88. The Hall–Kier alpha value is 0.809. The molecule has 1 saturated heterocycles. The summed E-state index contributed by atoms with van der Waals surface area (Å²) >= 11 is -1.94. The second-order valence-corrected chi connectivity index (χ2v) is 18.7. The molecule has 1 aliphatic heterocycles. The molecular formula is C7H21B2N3Sn. The van der Waals surface area contributed by atoms with Gasteiger partial charge in [-0.05, 0) is 0 Å². The van der Waals surface area contributed by atoms with Gasteiger partial charge in [-0.1, -0.05) is 0 Å². The van der Waals surface area contributed by atoms with Gasteiger partial charge in [0.25, 0.3) is 0 Å². The molecule has 0 aromatic rings. The standard InChI is InChI=1S/C4H12B2N3.3CH3.Sn/c1-5-7-9(4)6(2)8(5)3;;;;/h1-4H3;3*1H3;/q-1;;;;+1. The van der Waals surface area contributed by atoms with Crippen molar-refractivity contribution in [3.05, 3.63) is 0 Å². The summed E-state index contributed by atoms with van der Waals surface area (Å²) in [5.74, 6) is 0. The van der Waals surface area contributed by atoms with E-state index in [0.717, 1.165) is 0 Å². The van der Waals surface area contributed by atoms with Gasteiger partial charge in [-0.3, -0.25) is 0 Å². The molecule has 0 unspecified atom stereocenters. The Labute approximate surface area is 87.9 Å². The van der Waals surface area contributed by atoms with Crippen molar-refractivity contribution in [1.29, 1.82) is 0 Å². The minimum atomic E-state index is -1.94. The fourth-order valence-corrected chi connectivity index (χ4v) is 9.12. The first-order valence-corrected chi connectivity index (χ1v) is 14.8. The van der Waals surface area contributed by atoms with Crippen LogP contribution in [0, 0.1) is 0 Å². The third-order valence-corrected chi connectivity index (χ3v) is 8.99. The van der Waals surface area contributed by atoms with Gasteiger partial charge in [-0.2, -0.15) is 0 Å². The molecular weight excluding hydrogens is 266 g/mol. The summed E-state index contributed by atoms with van der Waals surface area (Å²) < 4.78 is 5.07. The van der Waals surface area contributed by atoms with Crippen LogP contribution in [0.1, 0.15) is 0 Å². The van der Waals surface area contributed by atoms with Crippen molar-refractivity contribution in [2.45, 2.75) is 28.5 Å². The van der Waals surface area contributed by atoms with Crippen LogP contribution >= 0.6 is 0 Å². The van der Waals surface area contributed by atoms with Gasteiger partial charge in [0.1, 0.15) is 0 Å². The molecule has 1 rings (SSSR count). The summed E-state index contributed by atoms with van der Waals surface area (Å²) in [6, 6.07) is 0. The summed E-state index contributed by atoms with van der Waals surface area (Å²) in [5, 5.41) is 0. The van der Waals surface area contributed by atoms with Gasteiger partial charge < -0.3 is 0 Å². The topological polar surface area (TPSA) is 9.72 Å². The molecule has 6 heteroatoms. The van der Waals surface area contributed by atoms with Crippen LogP contribution in [0.2, 0.25) is 28.5 Å². The molecule has 0 bridgehead atoms. The van der Waals surface area contributed by atoms with Crippen molar-refractivity contribution in [2.24, 2.45) is 0 Å². The molecule has 0 aliphatic carbocycles. The van der Waals surface area contributed by atoms with E-state index >= 15 is 0 Å². The van der Waals surface area contributed by atoms with Gasteiger partial charge in [-0.15, -0.1) is 0 Å². The summed E-state index contributed by atoms with van der Waals surface area (Å²) in [4.78, 5) is 9.81. The second kappa shape index (κ2) is 3.76. The number of hydrogen-bond donors (Lipinski definition) is 0. The summed E-state index contributed by atoms with van der Waals surface area (Å²) in [6.45, 7) is 5.71. The summed E-state index contributed by atoms with van der Waals surface area (Å²) in [6.07, 6.45) is 0. The van der Waals surface area contributed by atoms with E-state index in [-0.39, 0.29) is 0 Å². The van der Waals surface area contributed by atoms with E-state index < -0.39 is 18.7 Å². The molecule has 1 aliphatic rings. The van der Waals surface area contributed by atoms with Gasteiger partial charge in [0, 0.05) is 0 Å². The Morgan fingerprint density at radius 2 is 1.38 bits per heavy atom. The van der Waals surface area contributed by atoms with Crippen LogP contribution in [0.5, 0.6) is 0 Å². The van der Waals surface area contributed by atoms with Crippen LogP contribution in [0.15, 0.2) is 0 Å². The number of nitrogens with zero attached hydrogens (tertiary/aromatic N) is 3. The predicted octanol–water partition coefficient (Wildman–Crippen LogP) is 1.15. The molecule has 0 amide bonds. The van der Waals surface area contributed by atoms with Crippen molar-refractivity contribution in [3.63, 3.8) is 0 Å². The Kier molecular flexibility index (Phi) is 3.43. The fourth-order valence-electron chi connectivity index (χ4n) is 2.23. The third-order valence-electron chi connectivity index (χ3n) is 3.10. The van der Waals surface area contributed by atoms with Crippen LogP contribution in [-0.4, -0.2) is 59.5 Å². The molecule has 74 valence electrons. The van der Waals surface area contributed by atoms with E-state index in [4.69, 9.17) is 0 Å². The van der Waals surface area contributed by atoms with Gasteiger partial charge in [0.2, 0.25) is 0 Å². The van der Waals surface area contributed by atoms with Crippen LogP contribution in [-0.2, 0) is 0 Å². The van der Waals surface area contributed by atoms with Crippen molar-refractivity contribution in [3.8, 4) is 0 Å².